The first-order valence-corrected chi connectivity index (χ1v) is 10.7. The molecular weight excluding hydrogens is 360 g/mol. The van der Waals surface area contributed by atoms with E-state index >= 15 is 0 Å². The standard InChI is InChI=1S/C20H28N4O2S/c1-13-11-21-19(17-5-4-10-26-17)24(13)12-16-6-8-23(9-7-16)20(25)18-14(2)22-15(3)27-18/h11,16-17H,4-10,12H2,1-3H3. The van der Waals surface area contributed by atoms with Gasteiger partial charge in [0.15, 0.2) is 0 Å². The molecule has 2 fully saturated rings. The van der Waals surface area contributed by atoms with E-state index in [1.165, 1.54) is 17.0 Å². The lowest BCUT2D eigenvalue weighted by Crippen LogP contribution is -2.39. The fraction of sp³-hybridized carbons (Fsp3) is 0.650. The van der Waals surface area contributed by atoms with Crippen LogP contribution in [0.15, 0.2) is 6.20 Å². The fourth-order valence-corrected chi connectivity index (χ4v) is 5.09. The smallest absolute Gasteiger partial charge is 0.265 e. The van der Waals surface area contributed by atoms with Crippen molar-refractivity contribution in [1.29, 1.82) is 0 Å². The molecule has 4 rings (SSSR count). The average molecular weight is 389 g/mol. The molecule has 2 aliphatic heterocycles. The zero-order valence-corrected chi connectivity index (χ0v) is 17.2. The lowest BCUT2D eigenvalue weighted by Gasteiger charge is -2.32. The van der Waals surface area contributed by atoms with Crippen molar-refractivity contribution in [1.82, 2.24) is 19.4 Å². The summed E-state index contributed by atoms with van der Waals surface area (Å²) in [5.74, 6) is 1.81. The van der Waals surface area contributed by atoms with Crippen molar-refractivity contribution in [3.8, 4) is 0 Å². The Balaban J connectivity index is 1.38. The maximum atomic E-state index is 12.8. The highest BCUT2D eigenvalue weighted by Gasteiger charge is 2.28. The van der Waals surface area contributed by atoms with Crippen LogP contribution in [0.1, 0.15) is 63.7 Å². The first-order valence-electron chi connectivity index (χ1n) is 9.90. The second kappa shape index (κ2) is 7.72. The number of piperidine rings is 1. The fourth-order valence-electron chi connectivity index (χ4n) is 4.21. The van der Waals surface area contributed by atoms with Crippen LogP contribution in [0.4, 0.5) is 0 Å². The Morgan fingerprint density at radius 3 is 2.67 bits per heavy atom. The third kappa shape index (κ3) is 3.80. The van der Waals surface area contributed by atoms with Gasteiger partial charge in [0.05, 0.1) is 10.7 Å². The van der Waals surface area contributed by atoms with Gasteiger partial charge < -0.3 is 14.2 Å². The summed E-state index contributed by atoms with van der Waals surface area (Å²) in [7, 11) is 0. The number of nitrogens with zero attached hydrogens (tertiary/aromatic N) is 4. The first kappa shape index (κ1) is 18.6. The number of carbonyl (C=O) groups is 1. The summed E-state index contributed by atoms with van der Waals surface area (Å²) in [4.78, 5) is 24.6. The monoisotopic (exact) mass is 388 g/mol. The van der Waals surface area contributed by atoms with Crippen molar-refractivity contribution in [2.75, 3.05) is 19.7 Å². The largest absolute Gasteiger partial charge is 0.370 e. The van der Waals surface area contributed by atoms with Gasteiger partial charge in [-0.15, -0.1) is 11.3 Å². The predicted molar refractivity (Wildman–Crippen MR) is 105 cm³/mol. The number of hydrogen-bond acceptors (Lipinski definition) is 5. The second-order valence-corrected chi connectivity index (χ2v) is 8.96. The maximum absolute atomic E-state index is 12.8. The minimum Gasteiger partial charge on any atom is -0.370 e. The van der Waals surface area contributed by atoms with Crippen molar-refractivity contribution in [2.45, 2.75) is 59.1 Å². The van der Waals surface area contributed by atoms with Crippen LogP contribution < -0.4 is 0 Å². The van der Waals surface area contributed by atoms with Gasteiger partial charge in [0.25, 0.3) is 5.91 Å². The van der Waals surface area contributed by atoms with Crippen LogP contribution in [0.2, 0.25) is 0 Å². The summed E-state index contributed by atoms with van der Waals surface area (Å²) in [6.07, 6.45) is 6.36. The van der Waals surface area contributed by atoms with Crippen molar-refractivity contribution in [3.63, 3.8) is 0 Å². The molecule has 0 saturated carbocycles. The van der Waals surface area contributed by atoms with E-state index in [9.17, 15) is 4.79 Å². The van der Waals surface area contributed by atoms with Gasteiger partial charge in [0.1, 0.15) is 16.8 Å². The van der Waals surface area contributed by atoms with Gasteiger partial charge in [-0.05, 0) is 52.4 Å². The van der Waals surface area contributed by atoms with Crippen LogP contribution >= 0.6 is 11.3 Å². The van der Waals surface area contributed by atoms with E-state index in [4.69, 9.17) is 4.74 Å². The Morgan fingerprint density at radius 1 is 1.26 bits per heavy atom. The van der Waals surface area contributed by atoms with Crippen molar-refractivity contribution >= 4 is 17.2 Å². The van der Waals surface area contributed by atoms with E-state index in [1.807, 2.05) is 24.9 Å². The predicted octanol–water partition coefficient (Wildman–Crippen LogP) is 3.67. The molecule has 4 heterocycles. The van der Waals surface area contributed by atoms with Crippen LogP contribution in [-0.4, -0.2) is 45.0 Å². The molecule has 0 radical (unpaired) electrons. The lowest BCUT2D eigenvalue weighted by molar-refractivity contribution is 0.0681. The SMILES string of the molecule is Cc1nc(C)c(C(=O)N2CCC(Cn3c(C)cnc3C3CCCO3)CC2)s1. The van der Waals surface area contributed by atoms with E-state index in [1.54, 1.807) is 0 Å². The number of ether oxygens (including phenoxy) is 1. The second-order valence-electron chi connectivity index (χ2n) is 7.75. The van der Waals surface area contributed by atoms with Gasteiger partial charge in [-0.25, -0.2) is 9.97 Å². The highest BCUT2D eigenvalue weighted by Crippen LogP contribution is 2.30. The minimum atomic E-state index is 0.149. The molecule has 2 aromatic heterocycles. The zero-order chi connectivity index (χ0) is 19.0. The van der Waals surface area contributed by atoms with Gasteiger partial charge in [0.2, 0.25) is 0 Å². The van der Waals surface area contributed by atoms with E-state index in [2.05, 4.69) is 21.5 Å². The molecule has 0 spiro atoms. The van der Waals surface area contributed by atoms with Crippen LogP contribution in [0.25, 0.3) is 0 Å². The first-order chi connectivity index (χ1) is 13.0. The van der Waals surface area contributed by atoms with E-state index in [0.29, 0.717) is 5.92 Å². The third-order valence-electron chi connectivity index (χ3n) is 5.74. The average Bonchev–Trinajstić information content (AvgIpc) is 3.37. The number of carbonyl (C=O) groups excluding carboxylic acids is 1. The molecule has 7 heteroatoms. The minimum absolute atomic E-state index is 0.149. The van der Waals surface area contributed by atoms with Gasteiger partial charge in [-0.1, -0.05) is 0 Å². The van der Waals surface area contributed by atoms with Crippen LogP contribution in [0, 0.1) is 26.7 Å². The Labute approximate surface area is 164 Å². The Kier molecular flexibility index (Phi) is 5.32. The zero-order valence-electron chi connectivity index (χ0n) is 16.4. The number of aryl methyl sites for hydroxylation is 3. The molecule has 146 valence electrons. The quantitative estimate of drug-likeness (QED) is 0.802. The van der Waals surface area contributed by atoms with Crippen molar-refractivity contribution < 1.29 is 9.53 Å². The van der Waals surface area contributed by atoms with Crippen LogP contribution in [0.3, 0.4) is 0 Å². The summed E-state index contributed by atoms with van der Waals surface area (Å²) in [6.45, 7) is 9.47. The topological polar surface area (TPSA) is 60.2 Å². The Hall–Kier alpha value is -1.73. The van der Waals surface area contributed by atoms with Crippen LogP contribution in [-0.2, 0) is 11.3 Å². The molecule has 0 bridgehead atoms. The van der Waals surface area contributed by atoms with Crippen LogP contribution in [0.5, 0.6) is 0 Å². The number of thiazole rings is 1. The molecule has 1 atom stereocenters. The number of likely N-dealkylation sites (tertiary alicyclic amines) is 1. The summed E-state index contributed by atoms with van der Waals surface area (Å²) in [6, 6.07) is 0. The molecule has 0 aliphatic carbocycles. The molecule has 2 aliphatic rings. The molecule has 0 aromatic carbocycles. The van der Waals surface area contributed by atoms with Gasteiger partial charge in [-0.2, -0.15) is 0 Å². The molecule has 2 aromatic rings. The Morgan fingerprint density at radius 2 is 2.04 bits per heavy atom. The number of aromatic nitrogens is 3. The van der Waals surface area contributed by atoms with Crippen molar-refractivity contribution in [2.24, 2.45) is 5.92 Å². The van der Waals surface area contributed by atoms with Gasteiger partial charge >= 0.3 is 0 Å². The normalized spacial score (nSPS) is 21.1. The molecule has 1 unspecified atom stereocenters. The summed E-state index contributed by atoms with van der Waals surface area (Å²) >= 11 is 1.51. The Bertz CT molecular complexity index is 814. The lowest BCUT2D eigenvalue weighted by atomic mass is 9.96. The van der Waals surface area contributed by atoms with E-state index in [-0.39, 0.29) is 12.0 Å². The number of rotatable bonds is 4. The summed E-state index contributed by atoms with van der Waals surface area (Å²) in [5.41, 5.74) is 2.06. The van der Waals surface area contributed by atoms with E-state index < -0.39 is 0 Å². The molecule has 27 heavy (non-hydrogen) atoms. The molecule has 0 N–H and O–H groups in total. The van der Waals surface area contributed by atoms with Crippen molar-refractivity contribution in [3.05, 3.63) is 33.3 Å². The van der Waals surface area contributed by atoms with Gasteiger partial charge in [-0.3, -0.25) is 4.79 Å². The highest BCUT2D eigenvalue weighted by molar-refractivity contribution is 7.13. The molecule has 6 nitrogen and oxygen atoms in total. The number of hydrogen-bond donors (Lipinski definition) is 0. The summed E-state index contributed by atoms with van der Waals surface area (Å²) < 4.78 is 8.19. The molecule has 2 saturated heterocycles. The number of amides is 1. The number of imidazole rings is 1. The van der Waals surface area contributed by atoms with E-state index in [0.717, 1.165) is 73.3 Å². The maximum Gasteiger partial charge on any atom is 0.265 e. The third-order valence-corrected chi connectivity index (χ3v) is 6.80. The molecule has 1 amide bonds. The highest BCUT2D eigenvalue weighted by atomic mass is 32.1. The molecular formula is C20H28N4O2S. The summed E-state index contributed by atoms with van der Waals surface area (Å²) in [5, 5.41) is 0.961. The van der Waals surface area contributed by atoms with Gasteiger partial charge in [0, 0.05) is 38.1 Å².